The van der Waals surface area contributed by atoms with Gasteiger partial charge in [-0.15, -0.1) is 0 Å². The lowest BCUT2D eigenvalue weighted by Gasteiger charge is -2.38. The van der Waals surface area contributed by atoms with Crippen LogP contribution >= 0.6 is 0 Å². The first-order valence-corrected chi connectivity index (χ1v) is 5.73. The fraction of sp³-hybridized carbons (Fsp3) is 0.909. The molecule has 0 amide bonds. The smallest absolute Gasteiger partial charge is 0.108 e. The van der Waals surface area contributed by atoms with Gasteiger partial charge in [0.1, 0.15) is 6.04 Å². The SMILES string of the molecule is CCNC(C#N)CN1CCN(C)C(C)C1. The van der Waals surface area contributed by atoms with Crippen LogP contribution in [0, 0.1) is 11.3 Å². The number of rotatable bonds is 4. The van der Waals surface area contributed by atoms with Crippen LogP contribution < -0.4 is 5.32 Å². The van der Waals surface area contributed by atoms with Crippen molar-refractivity contribution in [2.45, 2.75) is 25.9 Å². The predicted octanol–water partition coefficient (Wildman–Crippen LogP) is 0.124. The molecule has 1 saturated heterocycles. The Bertz CT molecular complexity index is 223. The van der Waals surface area contributed by atoms with Crippen LogP contribution in [0.5, 0.6) is 0 Å². The molecular weight excluding hydrogens is 188 g/mol. The van der Waals surface area contributed by atoms with Crippen LogP contribution in [0.3, 0.4) is 0 Å². The average Bonchev–Trinajstić information content (AvgIpc) is 2.23. The molecule has 1 aliphatic rings. The first-order chi connectivity index (χ1) is 7.17. The Labute approximate surface area is 92.8 Å². The van der Waals surface area contributed by atoms with Crippen molar-refractivity contribution in [1.82, 2.24) is 15.1 Å². The number of nitriles is 1. The maximum Gasteiger partial charge on any atom is 0.108 e. The third-order valence-corrected chi connectivity index (χ3v) is 3.09. The zero-order valence-corrected chi connectivity index (χ0v) is 10.0. The number of hydrogen-bond donors (Lipinski definition) is 1. The Morgan fingerprint density at radius 1 is 1.53 bits per heavy atom. The van der Waals surface area contributed by atoms with Crippen molar-refractivity contribution >= 4 is 0 Å². The first kappa shape index (κ1) is 12.4. The molecule has 15 heavy (non-hydrogen) atoms. The van der Waals surface area contributed by atoms with E-state index in [2.05, 4.69) is 35.2 Å². The second-order valence-corrected chi connectivity index (χ2v) is 4.33. The summed E-state index contributed by atoms with van der Waals surface area (Å²) in [4.78, 5) is 4.74. The average molecular weight is 210 g/mol. The zero-order valence-electron chi connectivity index (χ0n) is 10.0. The summed E-state index contributed by atoms with van der Waals surface area (Å²) in [5, 5.41) is 12.1. The summed E-state index contributed by atoms with van der Waals surface area (Å²) in [7, 11) is 2.16. The van der Waals surface area contributed by atoms with Gasteiger partial charge in [0.05, 0.1) is 6.07 Å². The van der Waals surface area contributed by atoms with E-state index in [1.807, 2.05) is 6.92 Å². The minimum absolute atomic E-state index is 0.0226. The van der Waals surface area contributed by atoms with Gasteiger partial charge in [0.25, 0.3) is 0 Å². The van der Waals surface area contributed by atoms with Crippen LogP contribution in [0.4, 0.5) is 0 Å². The van der Waals surface area contributed by atoms with E-state index in [0.717, 1.165) is 32.7 Å². The van der Waals surface area contributed by atoms with Crippen LogP contribution in [0.25, 0.3) is 0 Å². The highest BCUT2D eigenvalue weighted by atomic mass is 15.3. The van der Waals surface area contributed by atoms with Crippen molar-refractivity contribution in [1.29, 1.82) is 5.26 Å². The molecule has 2 unspecified atom stereocenters. The van der Waals surface area contributed by atoms with Gasteiger partial charge in [-0.05, 0) is 20.5 Å². The first-order valence-electron chi connectivity index (χ1n) is 5.73. The highest BCUT2D eigenvalue weighted by molar-refractivity contribution is 4.93. The maximum absolute atomic E-state index is 8.96. The van der Waals surface area contributed by atoms with Gasteiger partial charge in [-0.3, -0.25) is 4.90 Å². The van der Waals surface area contributed by atoms with E-state index in [4.69, 9.17) is 5.26 Å². The van der Waals surface area contributed by atoms with Gasteiger partial charge in [0.2, 0.25) is 0 Å². The van der Waals surface area contributed by atoms with Crippen molar-refractivity contribution < 1.29 is 0 Å². The number of hydrogen-bond acceptors (Lipinski definition) is 4. The number of likely N-dealkylation sites (N-methyl/N-ethyl adjacent to an activating group) is 2. The fourth-order valence-corrected chi connectivity index (χ4v) is 1.95. The van der Waals surface area contributed by atoms with Crippen LogP contribution in [0.15, 0.2) is 0 Å². The molecule has 0 saturated carbocycles. The molecule has 0 aromatic carbocycles. The molecule has 1 rings (SSSR count). The summed E-state index contributed by atoms with van der Waals surface area (Å²) in [5.74, 6) is 0. The topological polar surface area (TPSA) is 42.3 Å². The lowest BCUT2D eigenvalue weighted by molar-refractivity contribution is 0.101. The molecule has 1 aliphatic heterocycles. The van der Waals surface area contributed by atoms with Crippen molar-refractivity contribution in [3.8, 4) is 6.07 Å². The molecule has 1 heterocycles. The Balaban J connectivity index is 2.35. The molecule has 2 atom stereocenters. The van der Waals surface area contributed by atoms with E-state index in [-0.39, 0.29) is 6.04 Å². The van der Waals surface area contributed by atoms with Gasteiger partial charge in [-0.25, -0.2) is 0 Å². The molecule has 0 aliphatic carbocycles. The summed E-state index contributed by atoms with van der Waals surface area (Å²) in [6, 6.07) is 2.88. The van der Waals surface area contributed by atoms with Crippen LogP contribution in [-0.2, 0) is 0 Å². The summed E-state index contributed by atoms with van der Waals surface area (Å²) < 4.78 is 0. The molecule has 0 aromatic heterocycles. The van der Waals surface area contributed by atoms with E-state index in [1.165, 1.54) is 0 Å². The van der Waals surface area contributed by atoms with Crippen molar-refractivity contribution in [2.24, 2.45) is 0 Å². The highest BCUT2D eigenvalue weighted by Gasteiger charge is 2.22. The Hall–Kier alpha value is -0.630. The zero-order chi connectivity index (χ0) is 11.3. The Morgan fingerprint density at radius 3 is 2.80 bits per heavy atom. The maximum atomic E-state index is 8.96. The van der Waals surface area contributed by atoms with Gasteiger partial charge in [0.15, 0.2) is 0 Å². The largest absolute Gasteiger partial charge is 0.301 e. The minimum atomic E-state index is -0.0226. The number of nitrogens with one attached hydrogen (secondary N) is 1. The molecule has 0 radical (unpaired) electrons. The number of nitrogens with zero attached hydrogens (tertiary/aromatic N) is 3. The molecule has 1 N–H and O–H groups in total. The normalized spacial score (nSPS) is 26.1. The molecule has 4 nitrogen and oxygen atoms in total. The minimum Gasteiger partial charge on any atom is -0.301 e. The van der Waals surface area contributed by atoms with Gasteiger partial charge >= 0.3 is 0 Å². The standard InChI is InChI=1S/C11H22N4/c1-4-13-11(7-12)9-15-6-5-14(3)10(2)8-15/h10-11,13H,4-6,8-9H2,1-3H3. The molecule has 0 spiro atoms. The molecule has 1 fully saturated rings. The van der Waals surface area contributed by atoms with E-state index >= 15 is 0 Å². The quantitative estimate of drug-likeness (QED) is 0.716. The summed E-state index contributed by atoms with van der Waals surface area (Å²) >= 11 is 0. The number of piperazine rings is 1. The van der Waals surface area contributed by atoms with E-state index in [1.54, 1.807) is 0 Å². The third kappa shape index (κ3) is 3.78. The highest BCUT2D eigenvalue weighted by Crippen LogP contribution is 2.07. The monoisotopic (exact) mass is 210 g/mol. The molecule has 0 bridgehead atoms. The molecule has 4 heteroatoms. The van der Waals surface area contributed by atoms with Crippen molar-refractivity contribution in [3.63, 3.8) is 0 Å². The van der Waals surface area contributed by atoms with E-state index in [0.29, 0.717) is 6.04 Å². The van der Waals surface area contributed by atoms with Gasteiger partial charge in [-0.1, -0.05) is 6.92 Å². The van der Waals surface area contributed by atoms with Crippen molar-refractivity contribution in [3.05, 3.63) is 0 Å². The van der Waals surface area contributed by atoms with Crippen molar-refractivity contribution in [2.75, 3.05) is 39.8 Å². The second-order valence-electron chi connectivity index (χ2n) is 4.33. The van der Waals surface area contributed by atoms with Crippen LogP contribution in [0.2, 0.25) is 0 Å². The van der Waals surface area contributed by atoms with E-state index < -0.39 is 0 Å². The van der Waals surface area contributed by atoms with E-state index in [9.17, 15) is 0 Å². The predicted molar refractivity (Wildman–Crippen MR) is 61.6 cm³/mol. The second kappa shape index (κ2) is 6.06. The van der Waals surface area contributed by atoms with Gasteiger partial charge in [0, 0.05) is 32.2 Å². The molecular formula is C11H22N4. The van der Waals surface area contributed by atoms with Crippen LogP contribution in [-0.4, -0.2) is 61.7 Å². The lowest BCUT2D eigenvalue weighted by Crippen LogP contribution is -2.53. The Morgan fingerprint density at radius 2 is 2.27 bits per heavy atom. The summed E-state index contributed by atoms with van der Waals surface area (Å²) in [6.07, 6.45) is 0. The Kier molecular flexibility index (Phi) is 5.03. The molecule has 0 aromatic rings. The lowest BCUT2D eigenvalue weighted by atomic mass is 10.2. The summed E-state index contributed by atoms with van der Waals surface area (Å²) in [6.45, 7) is 9.23. The molecule has 86 valence electrons. The van der Waals surface area contributed by atoms with Gasteiger partial charge in [-0.2, -0.15) is 5.26 Å². The third-order valence-electron chi connectivity index (χ3n) is 3.09. The summed E-state index contributed by atoms with van der Waals surface area (Å²) in [5.41, 5.74) is 0. The van der Waals surface area contributed by atoms with Gasteiger partial charge < -0.3 is 10.2 Å². The fourth-order valence-electron chi connectivity index (χ4n) is 1.95. The van der Waals surface area contributed by atoms with Crippen LogP contribution in [0.1, 0.15) is 13.8 Å².